The number of nitrogens with zero attached hydrogens (tertiary/aromatic N) is 4. The summed E-state index contributed by atoms with van der Waals surface area (Å²) >= 11 is 1.31. The summed E-state index contributed by atoms with van der Waals surface area (Å²) in [5.74, 6) is 0.655. The molecule has 0 fully saturated rings. The van der Waals surface area contributed by atoms with Gasteiger partial charge in [0.05, 0.1) is 29.5 Å². The summed E-state index contributed by atoms with van der Waals surface area (Å²) in [7, 11) is 0. The summed E-state index contributed by atoms with van der Waals surface area (Å²) < 4.78 is 25.6. The molecule has 0 aromatic carbocycles. The van der Waals surface area contributed by atoms with E-state index >= 15 is 0 Å². The van der Waals surface area contributed by atoms with Gasteiger partial charge in [-0.3, -0.25) is 9.78 Å². The number of hydrogen-bond donors (Lipinski definition) is 0. The molecule has 2 rings (SSSR count). The van der Waals surface area contributed by atoms with E-state index in [1.54, 1.807) is 22.0 Å². The zero-order chi connectivity index (χ0) is 18.2. The van der Waals surface area contributed by atoms with E-state index in [-0.39, 0.29) is 18.1 Å². The van der Waals surface area contributed by atoms with Crippen LogP contribution in [0.5, 0.6) is 0 Å². The summed E-state index contributed by atoms with van der Waals surface area (Å²) in [5, 5.41) is 4.45. The van der Waals surface area contributed by atoms with Gasteiger partial charge in [0.15, 0.2) is 0 Å². The predicted molar refractivity (Wildman–Crippen MR) is 96.4 cm³/mol. The first-order chi connectivity index (χ1) is 12.0. The smallest absolute Gasteiger partial charge is 0.267 e. The number of halogens is 2. The van der Waals surface area contributed by atoms with Crippen LogP contribution in [0.15, 0.2) is 42.9 Å². The standard InChI is InChI=1S/C17H20F2N4OS/c1-3-22(17(24)7-10-25-9-6-16(18)19)15-12-23(21-13(15)2)14-5-4-8-20-11-14/h4-6,8,11-12H,3,7,9-10H2,1-2H3. The van der Waals surface area contributed by atoms with E-state index in [1.807, 2.05) is 32.2 Å². The van der Waals surface area contributed by atoms with E-state index in [2.05, 4.69) is 10.1 Å². The minimum atomic E-state index is -1.69. The van der Waals surface area contributed by atoms with Crippen molar-refractivity contribution in [1.29, 1.82) is 0 Å². The molecule has 1 amide bonds. The van der Waals surface area contributed by atoms with Crippen LogP contribution in [0.3, 0.4) is 0 Å². The Morgan fingerprint density at radius 1 is 1.44 bits per heavy atom. The fourth-order valence-electron chi connectivity index (χ4n) is 2.32. The highest BCUT2D eigenvalue weighted by Gasteiger charge is 2.18. The van der Waals surface area contributed by atoms with Gasteiger partial charge in [-0.05, 0) is 32.1 Å². The van der Waals surface area contributed by atoms with Gasteiger partial charge in [0, 0.05) is 30.7 Å². The van der Waals surface area contributed by atoms with E-state index in [9.17, 15) is 13.6 Å². The molecule has 0 saturated carbocycles. The molecular formula is C17H20F2N4OS. The molecule has 8 heteroatoms. The summed E-state index contributed by atoms with van der Waals surface area (Å²) in [6.45, 7) is 4.26. The van der Waals surface area contributed by atoms with E-state index in [0.29, 0.717) is 12.3 Å². The normalized spacial score (nSPS) is 10.6. The molecule has 5 nitrogen and oxygen atoms in total. The molecule has 0 aliphatic carbocycles. The monoisotopic (exact) mass is 366 g/mol. The number of aromatic nitrogens is 3. The van der Waals surface area contributed by atoms with E-state index in [0.717, 1.165) is 23.1 Å². The lowest BCUT2D eigenvalue weighted by molar-refractivity contribution is -0.118. The second-order valence-electron chi connectivity index (χ2n) is 5.21. The fraction of sp³-hybridized carbons (Fsp3) is 0.353. The molecule has 25 heavy (non-hydrogen) atoms. The predicted octanol–water partition coefficient (Wildman–Crippen LogP) is 3.83. The first kappa shape index (κ1) is 19.1. The minimum Gasteiger partial charge on any atom is -0.310 e. The zero-order valence-corrected chi connectivity index (χ0v) is 15.0. The van der Waals surface area contributed by atoms with Crippen molar-refractivity contribution in [3.05, 3.63) is 48.6 Å². The van der Waals surface area contributed by atoms with Crippen LogP contribution in [0.4, 0.5) is 14.5 Å². The maximum Gasteiger partial charge on any atom is 0.267 e. The zero-order valence-electron chi connectivity index (χ0n) is 14.2. The number of aryl methyl sites for hydroxylation is 1. The van der Waals surface area contributed by atoms with Crippen molar-refractivity contribution >= 4 is 23.4 Å². The first-order valence-electron chi connectivity index (χ1n) is 7.88. The molecule has 2 aromatic heterocycles. The van der Waals surface area contributed by atoms with E-state index < -0.39 is 6.08 Å². The second kappa shape index (κ2) is 9.31. The minimum absolute atomic E-state index is 0.0477. The Hall–Kier alpha value is -2.22. The highest BCUT2D eigenvalue weighted by molar-refractivity contribution is 7.99. The number of thioether (sulfide) groups is 1. The number of carbonyl (C=O) groups is 1. The molecule has 0 aliphatic heterocycles. The van der Waals surface area contributed by atoms with Gasteiger partial charge in [0.1, 0.15) is 0 Å². The average molecular weight is 366 g/mol. The Labute approximate surface area is 149 Å². The summed E-state index contributed by atoms with van der Waals surface area (Å²) in [6, 6.07) is 3.70. The van der Waals surface area contributed by atoms with Crippen molar-refractivity contribution in [1.82, 2.24) is 14.8 Å². The van der Waals surface area contributed by atoms with Gasteiger partial charge in [-0.15, -0.1) is 0 Å². The maximum absolute atomic E-state index is 12.5. The topological polar surface area (TPSA) is 51.0 Å². The number of carbonyl (C=O) groups excluding carboxylic acids is 1. The first-order valence-corrected chi connectivity index (χ1v) is 9.04. The quantitative estimate of drug-likeness (QED) is 0.666. The molecule has 134 valence electrons. The maximum atomic E-state index is 12.5. The van der Waals surface area contributed by atoms with Gasteiger partial charge in [-0.25, -0.2) is 4.68 Å². The van der Waals surface area contributed by atoms with Crippen molar-refractivity contribution < 1.29 is 13.6 Å². The molecule has 2 aromatic rings. The summed E-state index contributed by atoms with van der Waals surface area (Å²) in [6.07, 6.45) is 4.65. The number of hydrogen-bond acceptors (Lipinski definition) is 4. The largest absolute Gasteiger partial charge is 0.310 e. The molecule has 0 atom stereocenters. The molecule has 2 heterocycles. The second-order valence-corrected chi connectivity index (χ2v) is 6.36. The highest BCUT2D eigenvalue weighted by Crippen LogP contribution is 2.22. The lowest BCUT2D eigenvalue weighted by Crippen LogP contribution is -2.31. The molecule has 0 spiro atoms. The van der Waals surface area contributed by atoms with Gasteiger partial charge in [0.25, 0.3) is 6.08 Å². The molecule has 0 N–H and O–H groups in total. The lowest BCUT2D eigenvalue weighted by atomic mass is 10.3. The Kier molecular flexibility index (Phi) is 7.12. The molecule has 0 unspecified atom stereocenters. The molecular weight excluding hydrogens is 346 g/mol. The number of pyridine rings is 1. The molecule has 0 bridgehead atoms. The summed E-state index contributed by atoms with van der Waals surface area (Å²) in [5.41, 5.74) is 2.31. The van der Waals surface area contributed by atoms with Crippen molar-refractivity contribution in [2.45, 2.75) is 20.3 Å². The SMILES string of the molecule is CCN(C(=O)CCSCC=C(F)F)c1cn(-c2cccnc2)nc1C. The lowest BCUT2D eigenvalue weighted by Gasteiger charge is -2.19. The van der Waals surface area contributed by atoms with Crippen LogP contribution in [0, 0.1) is 6.92 Å². The Balaban J connectivity index is 2.03. The molecule has 0 saturated heterocycles. The number of anilines is 1. The third-order valence-electron chi connectivity index (χ3n) is 3.51. The van der Waals surface area contributed by atoms with Gasteiger partial charge >= 0.3 is 0 Å². The van der Waals surface area contributed by atoms with Crippen LogP contribution < -0.4 is 4.90 Å². The fourth-order valence-corrected chi connectivity index (χ4v) is 3.05. The number of amides is 1. The summed E-state index contributed by atoms with van der Waals surface area (Å²) in [4.78, 5) is 18.2. The van der Waals surface area contributed by atoms with E-state index in [1.165, 1.54) is 11.8 Å². The third kappa shape index (κ3) is 5.38. The molecule has 0 aliphatic rings. The van der Waals surface area contributed by atoms with Crippen LogP contribution in [0.2, 0.25) is 0 Å². The van der Waals surface area contributed by atoms with Crippen LogP contribution in [0.25, 0.3) is 5.69 Å². The van der Waals surface area contributed by atoms with Gasteiger partial charge in [-0.2, -0.15) is 25.6 Å². The van der Waals surface area contributed by atoms with Crippen molar-refractivity contribution in [3.8, 4) is 5.69 Å². The van der Waals surface area contributed by atoms with Crippen LogP contribution in [-0.2, 0) is 4.79 Å². The van der Waals surface area contributed by atoms with Crippen LogP contribution in [0.1, 0.15) is 19.0 Å². The van der Waals surface area contributed by atoms with Crippen LogP contribution >= 0.6 is 11.8 Å². The van der Waals surface area contributed by atoms with Crippen molar-refractivity contribution in [2.24, 2.45) is 0 Å². The van der Waals surface area contributed by atoms with Gasteiger partial charge in [0.2, 0.25) is 5.91 Å². The Morgan fingerprint density at radius 2 is 2.24 bits per heavy atom. The highest BCUT2D eigenvalue weighted by atomic mass is 32.2. The van der Waals surface area contributed by atoms with Gasteiger partial charge < -0.3 is 4.90 Å². The Morgan fingerprint density at radius 3 is 2.88 bits per heavy atom. The number of rotatable bonds is 8. The van der Waals surface area contributed by atoms with Crippen LogP contribution in [-0.4, -0.2) is 38.7 Å². The average Bonchev–Trinajstić information content (AvgIpc) is 2.97. The molecule has 0 radical (unpaired) electrons. The van der Waals surface area contributed by atoms with Crippen molar-refractivity contribution in [3.63, 3.8) is 0 Å². The Bertz CT molecular complexity index is 730. The third-order valence-corrected chi connectivity index (χ3v) is 4.40. The van der Waals surface area contributed by atoms with Crippen molar-refractivity contribution in [2.75, 3.05) is 23.0 Å². The van der Waals surface area contributed by atoms with Gasteiger partial charge in [-0.1, -0.05) is 0 Å². The van der Waals surface area contributed by atoms with E-state index in [4.69, 9.17) is 0 Å².